The number of hydrogen-bond donors (Lipinski definition) is 0. The van der Waals surface area contributed by atoms with E-state index >= 15 is 0 Å². The molecule has 0 atom stereocenters. The Bertz CT molecular complexity index is 1890. The summed E-state index contributed by atoms with van der Waals surface area (Å²) < 4.78 is 0. The molecule has 5 aromatic carbocycles. The number of fused-ring (bicyclic) bond motifs is 3. The maximum Gasteiger partial charge on any atom is 0.187 e. The van der Waals surface area contributed by atoms with Crippen LogP contribution in [0.3, 0.4) is 0 Å². The van der Waals surface area contributed by atoms with Crippen LogP contribution >= 0.6 is 0 Å². The van der Waals surface area contributed by atoms with E-state index in [1.54, 1.807) is 0 Å². The summed E-state index contributed by atoms with van der Waals surface area (Å²) in [5.41, 5.74) is 12.7. The number of rotatable bonds is 4. The summed E-state index contributed by atoms with van der Waals surface area (Å²) in [5, 5.41) is 0. The maximum atomic E-state index is 7.50. The zero-order valence-corrected chi connectivity index (χ0v) is 23.0. The van der Waals surface area contributed by atoms with E-state index in [1.165, 1.54) is 22.3 Å². The fourth-order valence-electron chi connectivity index (χ4n) is 5.91. The SMILES string of the molecule is [C-]#[N+]c1ccc2c(c1)-c1cc(-c3ccc(-c4cc(-c5ccccc5)nc(-c5ccccc5)n4)cc3)ccc1C2(C)C. The van der Waals surface area contributed by atoms with Gasteiger partial charge in [0.15, 0.2) is 11.5 Å². The van der Waals surface area contributed by atoms with E-state index < -0.39 is 0 Å². The molecule has 41 heavy (non-hydrogen) atoms. The van der Waals surface area contributed by atoms with Gasteiger partial charge in [-0.15, -0.1) is 0 Å². The summed E-state index contributed by atoms with van der Waals surface area (Å²) >= 11 is 0. The van der Waals surface area contributed by atoms with E-state index in [1.807, 2.05) is 60.7 Å². The molecule has 0 N–H and O–H groups in total. The Balaban J connectivity index is 1.28. The first kappa shape index (κ1) is 24.7. The molecule has 6 aromatic rings. The topological polar surface area (TPSA) is 30.1 Å². The molecule has 1 heterocycles. The van der Waals surface area contributed by atoms with Crippen LogP contribution in [0.4, 0.5) is 5.69 Å². The summed E-state index contributed by atoms with van der Waals surface area (Å²) in [7, 11) is 0. The van der Waals surface area contributed by atoms with Crippen molar-refractivity contribution in [2.45, 2.75) is 19.3 Å². The molecule has 0 radical (unpaired) electrons. The second-order valence-electron chi connectivity index (χ2n) is 11.0. The molecule has 0 unspecified atom stereocenters. The first-order valence-corrected chi connectivity index (χ1v) is 13.8. The molecular formula is C38H27N3. The van der Waals surface area contributed by atoms with E-state index in [4.69, 9.17) is 16.5 Å². The molecule has 194 valence electrons. The van der Waals surface area contributed by atoms with Crippen LogP contribution in [-0.4, -0.2) is 9.97 Å². The van der Waals surface area contributed by atoms with E-state index in [9.17, 15) is 0 Å². The molecule has 1 aliphatic rings. The summed E-state index contributed by atoms with van der Waals surface area (Å²) in [4.78, 5) is 13.6. The van der Waals surface area contributed by atoms with E-state index in [0.717, 1.165) is 39.2 Å². The second-order valence-corrected chi connectivity index (χ2v) is 11.0. The maximum absolute atomic E-state index is 7.50. The van der Waals surface area contributed by atoms with Crippen LogP contribution in [0.1, 0.15) is 25.0 Å². The lowest BCUT2D eigenvalue weighted by Crippen LogP contribution is -2.14. The monoisotopic (exact) mass is 525 g/mol. The quantitative estimate of drug-likeness (QED) is 0.214. The molecule has 1 aliphatic carbocycles. The third-order valence-electron chi connectivity index (χ3n) is 8.13. The first-order valence-electron chi connectivity index (χ1n) is 13.8. The minimum atomic E-state index is -0.0897. The predicted molar refractivity (Wildman–Crippen MR) is 168 cm³/mol. The standard InChI is InChI=1S/C38H27N3/c1-38(2)33-20-18-29(22-31(33)32-23-30(39-3)19-21-34(32)38)25-14-16-27(17-15-25)36-24-35(26-10-6-4-7-11-26)40-37(41-36)28-12-8-5-9-13-28/h4-24H,1-2H3. The molecule has 7 rings (SSSR count). The van der Waals surface area contributed by atoms with Crippen molar-refractivity contribution in [3.8, 4) is 56.2 Å². The molecule has 0 amide bonds. The lowest BCUT2D eigenvalue weighted by molar-refractivity contribution is 0.660. The molecule has 0 fully saturated rings. The van der Waals surface area contributed by atoms with Gasteiger partial charge in [-0.05, 0) is 51.6 Å². The van der Waals surface area contributed by atoms with E-state index in [2.05, 4.69) is 85.4 Å². The van der Waals surface area contributed by atoms with Gasteiger partial charge in [-0.3, -0.25) is 0 Å². The molecule has 0 bridgehead atoms. The van der Waals surface area contributed by atoms with Gasteiger partial charge < -0.3 is 0 Å². The van der Waals surface area contributed by atoms with Gasteiger partial charge in [0, 0.05) is 22.1 Å². The van der Waals surface area contributed by atoms with Crippen LogP contribution in [0.25, 0.3) is 61.0 Å². The first-order chi connectivity index (χ1) is 20.0. The van der Waals surface area contributed by atoms with Crippen molar-refractivity contribution in [3.63, 3.8) is 0 Å². The molecular weight excluding hydrogens is 498 g/mol. The molecule has 0 spiro atoms. The number of benzene rings is 5. The van der Waals surface area contributed by atoms with Gasteiger partial charge in [0.05, 0.1) is 18.0 Å². The highest BCUT2D eigenvalue weighted by atomic mass is 14.9. The lowest BCUT2D eigenvalue weighted by Gasteiger charge is -2.21. The Morgan fingerprint density at radius 2 is 1.02 bits per heavy atom. The summed E-state index contributed by atoms with van der Waals surface area (Å²) in [5.74, 6) is 0.713. The molecule has 3 heteroatoms. The van der Waals surface area contributed by atoms with Crippen molar-refractivity contribution in [2.24, 2.45) is 0 Å². The number of aromatic nitrogens is 2. The van der Waals surface area contributed by atoms with Crippen molar-refractivity contribution in [1.82, 2.24) is 9.97 Å². The smallest absolute Gasteiger partial charge is 0.187 e. The number of hydrogen-bond acceptors (Lipinski definition) is 2. The Morgan fingerprint density at radius 3 is 1.66 bits per heavy atom. The van der Waals surface area contributed by atoms with Crippen LogP contribution < -0.4 is 0 Å². The third kappa shape index (κ3) is 4.31. The molecule has 1 aromatic heterocycles. The fraction of sp³-hybridized carbons (Fsp3) is 0.0789. The average molecular weight is 526 g/mol. The number of nitrogens with zero attached hydrogens (tertiary/aromatic N) is 3. The van der Waals surface area contributed by atoms with Gasteiger partial charge in [0.25, 0.3) is 0 Å². The van der Waals surface area contributed by atoms with Crippen molar-refractivity contribution >= 4 is 5.69 Å². The minimum absolute atomic E-state index is 0.0897. The highest BCUT2D eigenvalue weighted by Crippen LogP contribution is 2.50. The van der Waals surface area contributed by atoms with Crippen LogP contribution in [0.15, 0.2) is 127 Å². The lowest BCUT2D eigenvalue weighted by atomic mass is 9.82. The van der Waals surface area contributed by atoms with Crippen molar-refractivity contribution in [2.75, 3.05) is 0 Å². The van der Waals surface area contributed by atoms with Crippen LogP contribution in [-0.2, 0) is 5.41 Å². The Labute approximate surface area is 240 Å². The largest absolute Gasteiger partial charge is 0.238 e. The zero-order chi connectivity index (χ0) is 28.0. The van der Waals surface area contributed by atoms with E-state index in [-0.39, 0.29) is 5.41 Å². The van der Waals surface area contributed by atoms with Crippen molar-refractivity contribution in [3.05, 3.63) is 150 Å². The summed E-state index contributed by atoms with van der Waals surface area (Å²) in [6.07, 6.45) is 0. The molecule has 0 saturated heterocycles. The Morgan fingerprint density at radius 1 is 0.512 bits per heavy atom. The third-order valence-corrected chi connectivity index (χ3v) is 8.13. The molecule has 0 saturated carbocycles. The molecule has 3 nitrogen and oxygen atoms in total. The van der Waals surface area contributed by atoms with Gasteiger partial charge in [-0.2, -0.15) is 0 Å². The van der Waals surface area contributed by atoms with Gasteiger partial charge in [-0.1, -0.05) is 123 Å². The zero-order valence-electron chi connectivity index (χ0n) is 23.0. The van der Waals surface area contributed by atoms with Crippen LogP contribution in [0.5, 0.6) is 0 Å². The van der Waals surface area contributed by atoms with Gasteiger partial charge in [-0.25, -0.2) is 14.8 Å². The average Bonchev–Trinajstić information content (AvgIpc) is 3.27. The fourth-order valence-corrected chi connectivity index (χ4v) is 5.91. The predicted octanol–water partition coefficient (Wildman–Crippen LogP) is 10.0. The summed E-state index contributed by atoms with van der Waals surface area (Å²) in [6, 6.07) is 43.9. The molecule has 0 aliphatic heterocycles. The Kier molecular flexibility index (Phi) is 5.84. The van der Waals surface area contributed by atoms with Crippen LogP contribution in [0, 0.1) is 6.57 Å². The highest BCUT2D eigenvalue weighted by Gasteiger charge is 2.35. The van der Waals surface area contributed by atoms with Crippen LogP contribution in [0.2, 0.25) is 0 Å². The Hall–Kier alpha value is -5.33. The van der Waals surface area contributed by atoms with Gasteiger partial charge >= 0.3 is 0 Å². The van der Waals surface area contributed by atoms with E-state index in [0.29, 0.717) is 11.5 Å². The minimum Gasteiger partial charge on any atom is -0.238 e. The summed E-state index contributed by atoms with van der Waals surface area (Å²) in [6.45, 7) is 12.0. The van der Waals surface area contributed by atoms with Gasteiger partial charge in [0.2, 0.25) is 0 Å². The van der Waals surface area contributed by atoms with Crippen molar-refractivity contribution in [1.29, 1.82) is 0 Å². The normalized spacial score (nSPS) is 12.8. The van der Waals surface area contributed by atoms with Gasteiger partial charge in [0.1, 0.15) is 0 Å². The highest BCUT2D eigenvalue weighted by molar-refractivity contribution is 5.86. The van der Waals surface area contributed by atoms with Crippen molar-refractivity contribution < 1.29 is 0 Å². The second kappa shape index (κ2) is 9.70.